The van der Waals surface area contributed by atoms with Crippen molar-refractivity contribution >= 4 is 11.3 Å². The molecule has 0 spiro atoms. The summed E-state index contributed by atoms with van der Waals surface area (Å²) in [7, 11) is 0. The van der Waals surface area contributed by atoms with Crippen LogP contribution in [0.25, 0.3) is 0 Å². The first-order chi connectivity index (χ1) is 6.36. The molecule has 1 rings (SSSR count). The smallest absolute Gasteiger partial charge is 0.294 e. The predicted octanol–water partition coefficient (Wildman–Crippen LogP) is 0.446. The molecule has 1 aromatic heterocycles. The molecule has 0 aromatic carbocycles. The Morgan fingerprint density at radius 1 is 1.38 bits per heavy atom. The number of aromatic nitrogens is 2. The average Bonchev–Trinajstić information content (AvgIpc) is 2.60. The number of hydrogen-bond acceptors (Lipinski definition) is 6. The molecule has 6 heteroatoms. The molecule has 1 N–H and O–H groups in total. The van der Waals surface area contributed by atoms with E-state index >= 15 is 0 Å². The van der Waals surface area contributed by atoms with Gasteiger partial charge in [-0.2, -0.15) is 0 Å². The fourth-order valence-electron chi connectivity index (χ4n) is 0.693. The van der Waals surface area contributed by atoms with Gasteiger partial charge in [0.05, 0.1) is 13.2 Å². The first-order valence-corrected chi connectivity index (χ1v) is 4.82. The molecule has 0 saturated heterocycles. The summed E-state index contributed by atoms with van der Waals surface area (Å²) in [6.45, 7) is 3.53. The summed E-state index contributed by atoms with van der Waals surface area (Å²) >= 11 is 1.24. The minimum Gasteiger partial charge on any atom is -0.466 e. The number of ether oxygens (including phenoxy) is 2. The topological polar surface area (TPSA) is 64.5 Å². The van der Waals surface area contributed by atoms with Crippen LogP contribution in [0, 0.1) is 0 Å². The van der Waals surface area contributed by atoms with E-state index in [1.165, 1.54) is 11.3 Å². The average molecular weight is 204 g/mol. The third-order valence-corrected chi connectivity index (χ3v) is 2.06. The molecular weight excluding hydrogens is 192 g/mol. The van der Waals surface area contributed by atoms with E-state index in [0.29, 0.717) is 30.0 Å². The largest absolute Gasteiger partial charge is 0.466 e. The minimum atomic E-state index is -0.0908. The zero-order valence-electron chi connectivity index (χ0n) is 7.39. The maximum absolute atomic E-state index is 8.69. The van der Waals surface area contributed by atoms with Crippen molar-refractivity contribution in [1.82, 2.24) is 10.2 Å². The molecule has 0 fully saturated rings. The Kier molecular flexibility index (Phi) is 4.66. The van der Waals surface area contributed by atoms with Gasteiger partial charge >= 0.3 is 0 Å². The van der Waals surface area contributed by atoms with Crippen LogP contribution in [0.1, 0.15) is 11.9 Å². The number of rotatable bonds is 6. The third kappa shape index (κ3) is 3.67. The van der Waals surface area contributed by atoms with Crippen LogP contribution < -0.4 is 4.74 Å². The van der Waals surface area contributed by atoms with Crippen molar-refractivity contribution in [3.8, 4) is 5.19 Å². The van der Waals surface area contributed by atoms with Crippen LogP contribution in [0.3, 0.4) is 0 Å². The molecule has 0 amide bonds. The van der Waals surface area contributed by atoms with Crippen molar-refractivity contribution in [1.29, 1.82) is 0 Å². The van der Waals surface area contributed by atoms with E-state index in [1.54, 1.807) is 0 Å². The highest BCUT2D eigenvalue weighted by molar-refractivity contribution is 7.13. The van der Waals surface area contributed by atoms with Gasteiger partial charge in [0.2, 0.25) is 0 Å². The second kappa shape index (κ2) is 5.85. The van der Waals surface area contributed by atoms with Gasteiger partial charge in [-0.15, -0.1) is 5.10 Å². The number of aliphatic hydroxyl groups is 1. The first kappa shape index (κ1) is 10.4. The molecule has 0 aliphatic rings. The lowest BCUT2D eigenvalue weighted by molar-refractivity contribution is 0.110. The normalized spacial score (nSPS) is 10.3. The van der Waals surface area contributed by atoms with Gasteiger partial charge in [0.1, 0.15) is 11.6 Å². The summed E-state index contributed by atoms with van der Waals surface area (Å²) in [5.41, 5.74) is 0. The van der Waals surface area contributed by atoms with Crippen molar-refractivity contribution < 1.29 is 14.6 Å². The Morgan fingerprint density at radius 2 is 2.23 bits per heavy atom. The standard InChI is InChI=1S/C7H12N2O3S/c1-2-11-3-4-12-7-9-8-6(5-10)13-7/h10H,2-5H2,1H3. The Labute approximate surface area is 80.3 Å². The lowest BCUT2D eigenvalue weighted by Crippen LogP contribution is -2.05. The van der Waals surface area contributed by atoms with Gasteiger partial charge in [0.15, 0.2) is 0 Å². The molecular formula is C7H12N2O3S. The lowest BCUT2D eigenvalue weighted by atomic mass is 10.7. The van der Waals surface area contributed by atoms with Gasteiger partial charge in [0, 0.05) is 6.61 Å². The fourth-order valence-corrected chi connectivity index (χ4v) is 1.26. The Morgan fingerprint density at radius 3 is 2.85 bits per heavy atom. The molecule has 0 aliphatic carbocycles. The summed E-state index contributed by atoms with van der Waals surface area (Å²) in [6.07, 6.45) is 0. The maximum atomic E-state index is 8.69. The zero-order valence-corrected chi connectivity index (χ0v) is 8.21. The second-order valence-electron chi connectivity index (χ2n) is 2.17. The SMILES string of the molecule is CCOCCOc1nnc(CO)s1. The molecule has 0 bridgehead atoms. The molecule has 0 radical (unpaired) electrons. The fraction of sp³-hybridized carbons (Fsp3) is 0.714. The molecule has 74 valence electrons. The Balaban J connectivity index is 2.20. The van der Waals surface area contributed by atoms with Crippen LogP contribution >= 0.6 is 11.3 Å². The first-order valence-electron chi connectivity index (χ1n) is 4.00. The minimum absolute atomic E-state index is 0.0908. The van der Waals surface area contributed by atoms with Crippen molar-refractivity contribution in [2.75, 3.05) is 19.8 Å². The van der Waals surface area contributed by atoms with E-state index in [1.807, 2.05) is 6.92 Å². The van der Waals surface area contributed by atoms with E-state index in [9.17, 15) is 0 Å². The van der Waals surface area contributed by atoms with Crippen LogP contribution in [-0.4, -0.2) is 35.1 Å². The predicted molar refractivity (Wildman–Crippen MR) is 47.8 cm³/mol. The highest BCUT2D eigenvalue weighted by Crippen LogP contribution is 2.16. The van der Waals surface area contributed by atoms with Crippen LogP contribution in [0.4, 0.5) is 0 Å². The Hall–Kier alpha value is -0.720. The van der Waals surface area contributed by atoms with E-state index in [-0.39, 0.29) is 6.61 Å². The molecule has 13 heavy (non-hydrogen) atoms. The summed E-state index contributed by atoms with van der Waals surface area (Å²) < 4.78 is 10.3. The summed E-state index contributed by atoms with van der Waals surface area (Å²) in [5, 5.41) is 17.1. The molecule has 5 nitrogen and oxygen atoms in total. The Bertz CT molecular complexity index is 241. The van der Waals surface area contributed by atoms with Crippen molar-refractivity contribution in [3.63, 3.8) is 0 Å². The van der Waals surface area contributed by atoms with E-state index in [2.05, 4.69) is 10.2 Å². The van der Waals surface area contributed by atoms with Gasteiger partial charge in [-0.1, -0.05) is 16.4 Å². The van der Waals surface area contributed by atoms with Gasteiger partial charge in [-0.05, 0) is 6.92 Å². The van der Waals surface area contributed by atoms with E-state index < -0.39 is 0 Å². The van der Waals surface area contributed by atoms with Crippen LogP contribution in [0.15, 0.2) is 0 Å². The molecule has 1 aromatic rings. The summed E-state index contributed by atoms with van der Waals surface area (Å²) in [5.74, 6) is 0. The number of hydrogen-bond donors (Lipinski definition) is 1. The second-order valence-corrected chi connectivity index (χ2v) is 3.19. The highest BCUT2D eigenvalue weighted by Gasteiger charge is 2.02. The quantitative estimate of drug-likeness (QED) is 0.681. The molecule has 0 unspecified atom stereocenters. The molecule has 0 atom stereocenters. The maximum Gasteiger partial charge on any atom is 0.294 e. The monoisotopic (exact) mass is 204 g/mol. The lowest BCUT2D eigenvalue weighted by Gasteiger charge is -2.00. The van der Waals surface area contributed by atoms with Crippen molar-refractivity contribution in [3.05, 3.63) is 5.01 Å². The van der Waals surface area contributed by atoms with E-state index in [0.717, 1.165) is 0 Å². The highest BCUT2D eigenvalue weighted by atomic mass is 32.1. The van der Waals surface area contributed by atoms with E-state index in [4.69, 9.17) is 14.6 Å². The van der Waals surface area contributed by atoms with Gasteiger partial charge in [-0.25, -0.2) is 0 Å². The number of nitrogens with zero attached hydrogens (tertiary/aromatic N) is 2. The molecule has 1 heterocycles. The van der Waals surface area contributed by atoms with Crippen molar-refractivity contribution in [2.45, 2.75) is 13.5 Å². The third-order valence-electron chi connectivity index (χ3n) is 1.24. The summed E-state index contributed by atoms with van der Waals surface area (Å²) in [6, 6.07) is 0. The summed E-state index contributed by atoms with van der Waals surface area (Å²) in [4.78, 5) is 0. The van der Waals surface area contributed by atoms with Gasteiger partial charge < -0.3 is 14.6 Å². The molecule has 0 aliphatic heterocycles. The van der Waals surface area contributed by atoms with Crippen LogP contribution in [0.2, 0.25) is 0 Å². The van der Waals surface area contributed by atoms with Gasteiger partial charge in [0.25, 0.3) is 5.19 Å². The zero-order chi connectivity index (χ0) is 9.52. The van der Waals surface area contributed by atoms with Crippen molar-refractivity contribution in [2.24, 2.45) is 0 Å². The van der Waals surface area contributed by atoms with Gasteiger partial charge in [-0.3, -0.25) is 0 Å². The number of aliphatic hydroxyl groups excluding tert-OH is 1. The van der Waals surface area contributed by atoms with Crippen LogP contribution in [0.5, 0.6) is 5.19 Å². The molecule has 0 saturated carbocycles. The van der Waals surface area contributed by atoms with Crippen LogP contribution in [-0.2, 0) is 11.3 Å².